The number of nitrogens with zero attached hydrogens (tertiary/aromatic N) is 7. The maximum Gasteiger partial charge on any atom is 0.163 e. The van der Waals surface area contributed by atoms with Crippen molar-refractivity contribution in [3.05, 3.63) is 36.3 Å². The third-order valence-corrected chi connectivity index (χ3v) is 2.38. The first-order valence-electron chi connectivity index (χ1n) is 5.09. The summed E-state index contributed by atoms with van der Waals surface area (Å²) in [5.74, 6) is 0.751. The molecule has 3 aromatic rings. The minimum atomic E-state index is 0.377. The van der Waals surface area contributed by atoms with Crippen LogP contribution in [0.5, 0.6) is 0 Å². The molecule has 17 heavy (non-hydrogen) atoms. The summed E-state index contributed by atoms with van der Waals surface area (Å²) in [6, 6.07) is 1.79. The molecule has 8 heteroatoms. The van der Waals surface area contributed by atoms with E-state index >= 15 is 0 Å². The summed E-state index contributed by atoms with van der Waals surface area (Å²) in [7, 11) is 0. The van der Waals surface area contributed by atoms with Gasteiger partial charge in [0.2, 0.25) is 0 Å². The van der Waals surface area contributed by atoms with Gasteiger partial charge in [-0.1, -0.05) is 5.21 Å². The second-order valence-electron chi connectivity index (χ2n) is 3.54. The summed E-state index contributed by atoms with van der Waals surface area (Å²) >= 11 is 0. The summed E-state index contributed by atoms with van der Waals surface area (Å²) in [6.07, 6.45) is 5.14. The fraction of sp³-hybridized carbons (Fsp3) is 0.222. The molecule has 0 saturated heterocycles. The Balaban J connectivity index is 1.94. The fourth-order valence-electron chi connectivity index (χ4n) is 1.55. The lowest BCUT2D eigenvalue weighted by Crippen LogP contribution is -2.05. The molecule has 86 valence electrons. The fourth-order valence-corrected chi connectivity index (χ4v) is 1.55. The Morgan fingerprint density at radius 2 is 2.18 bits per heavy atom. The minimum absolute atomic E-state index is 0.377. The Bertz CT molecular complexity index is 639. The van der Waals surface area contributed by atoms with Crippen molar-refractivity contribution in [1.82, 2.24) is 34.6 Å². The van der Waals surface area contributed by atoms with Crippen molar-refractivity contribution in [2.75, 3.05) is 0 Å². The van der Waals surface area contributed by atoms with Crippen molar-refractivity contribution in [3.63, 3.8) is 0 Å². The van der Waals surface area contributed by atoms with Crippen LogP contribution >= 0.6 is 0 Å². The van der Waals surface area contributed by atoms with Crippen LogP contribution in [0.3, 0.4) is 0 Å². The molecule has 0 aromatic carbocycles. The predicted octanol–water partition coefficient (Wildman–Crippen LogP) is -0.777. The number of hydrogen-bond acceptors (Lipinski definition) is 6. The predicted molar refractivity (Wildman–Crippen MR) is 57.8 cm³/mol. The monoisotopic (exact) mass is 230 g/mol. The third kappa shape index (κ3) is 1.74. The van der Waals surface area contributed by atoms with E-state index in [0.29, 0.717) is 13.1 Å². The number of hydrogen-bond donors (Lipinski definition) is 1. The topological polar surface area (TPSA) is 99.8 Å². The van der Waals surface area contributed by atoms with Gasteiger partial charge >= 0.3 is 0 Å². The Morgan fingerprint density at radius 3 is 3.00 bits per heavy atom. The molecule has 0 aliphatic carbocycles. The van der Waals surface area contributed by atoms with Crippen molar-refractivity contribution in [2.24, 2.45) is 5.73 Å². The normalized spacial score (nSPS) is 11.1. The van der Waals surface area contributed by atoms with E-state index in [1.54, 1.807) is 29.5 Å². The summed E-state index contributed by atoms with van der Waals surface area (Å²) in [5.41, 5.74) is 6.97. The second-order valence-corrected chi connectivity index (χ2v) is 3.54. The summed E-state index contributed by atoms with van der Waals surface area (Å²) in [6.45, 7) is 0.863. The zero-order chi connectivity index (χ0) is 11.7. The zero-order valence-electron chi connectivity index (χ0n) is 8.93. The van der Waals surface area contributed by atoms with Gasteiger partial charge in [-0.05, 0) is 0 Å². The average molecular weight is 230 g/mol. The van der Waals surface area contributed by atoms with Gasteiger partial charge in [-0.25, -0.2) is 9.67 Å². The first kappa shape index (κ1) is 9.85. The molecule has 0 spiro atoms. The van der Waals surface area contributed by atoms with Crippen molar-refractivity contribution in [1.29, 1.82) is 0 Å². The van der Waals surface area contributed by atoms with E-state index in [4.69, 9.17) is 5.73 Å². The molecule has 3 aromatic heterocycles. The number of fused-ring (bicyclic) bond motifs is 1. The molecule has 0 fully saturated rings. The minimum Gasteiger partial charge on any atom is -0.325 e. The van der Waals surface area contributed by atoms with E-state index in [1.807, 2.05) is 4.40 Å². The van der Waals surface area contributed by atoms with Crippen LogP contribution in [0.2, 0.25) is 0 Å². The maximum absolute atomic E-state index is 5.47. The summed E-state index contributed by atoms with van der Waals surface area (Å²) < 4.78 is 3.48. The molecule has 0 unspecified atom stereocenters. The van der Waals surface area contributed by atoms with E-state index in [1.165, 1.54) is 0 Å². The molecule has 0 atom stereocenters. The van der Waals surface area contributed by atoms with E-state index < -0.39 is 0 Å². The van der Waals surface area contributed by atoms with Crippen LogP contribution in [-0.2, 0) is 13.1 Å². The number of aromatic nitrogens is 7. The molecule has 0 aliphatic rings. The highest BCUT2D eigenvalue weighted by atomic mass is 15.4. The lowest BCUT2D eigenvalue weighted by Gasteiger charge is -1.98. The van der Waals surface area contributed by atoms with Gasteiger partial charge in [-0.15, -0.1) is 15.3 Å². The van der Waals surface area contributed by atoms with Gasteiger partial charge in [0.05, 0.1) is 11.9 Å². The van der Waals surface area contributed by atoms with Crippen LogP contribution in [0.4, 0.5) is 0 Å². The number of nitrogens with two attached hydrogens (primary N) is 1. The quantitative estimate of drug-likeness (QED) is 0.633. The zero-order valence-corrected chi connectivity index (χ0v) is 8.93. The molecule has 3 rings (SSSR count). The molecular formula is C9H10N8. The second kappa shape index (κ2) is 3.91. The molecule has 0 saturated carbocycles. The molecule has 0 radical (unpaired) electrons. The largest absolute Gasteiger partial charge is 0.325 e. The maximum atomic E-state index is 5.47. The average Bonchev–Trinajstić information content (AvgIpc) is 2.97. The Kier molecular flexibility index (Phi) is 2.26. The molecule has 2 N–H and O–H groups in total. The Morgan fingerprint density at radius 1 is 1.24 bits per heavy atom. The molecule has 0 aliphatic heterocycles. The first-order chi connectivity index (χ1) is 8.36. The van der Waals surface area contributed by atoms with Gasteiger partial charge < -0.3 is 5.73 Å². The van der Waals surface area contributed by atoms with Crippen LogP contribution in [0, 0.1) is 0 Å². The van der Waals surface area contributed by atoms with Crippen molar-refractivity contribution >= 4 is 5.65 Å². The SMILES string of the molecule is NCc1cn(Cc2nnc3ccncn23)nn1. The van der Waals surface area contributed by atoms with E-state index in [-0.39, 0.29) is 0 Å². The smallest absolute Gasteiger partial charge is 0.163 e. The van der Waals surface area contributed by atoms with Crippen molar-refractivity contribution < 1.29 is 0 Å². The van der Waals surface area contributed by atoms with Crippen molar-refractivity contribution in [3.8, 4) is 0 Å². The first-order valence-corrected chi connectivity index (χ1v) is 5.09. The van der Waals surface area contributed by atoms with Gasteiger partial charge in [0.1, 0.15) is 12.9 Å². The third-order valence-electron chi connectivity index (χ3n) is 2.38. The summed E-state index contributed by atoms with van der Waals surface area (Å²) in [4.78, 5) is 4.03. The Hall–Kier alpha value is -2.35. The molecule has 0 amide bonds. The van der Waals surface area contributed by atoms with Gasteiger partial charge in [-0.2, -0.15) is 0 Å². The van der Waals surface area contributed by atoms with Crippen LogP contribution in [0.15, 0.2) is 24.8 Å². The highest BCUT2D eigenvalue weighted by molar-refractivity contribution is 5.35. The van der Waals surface area contributed by atoms with Crippen LogP contribution in [0.25, 0.3) is 5.65 Å². The number of rotatable bonds is 3. The van der Waals surface area contributed by atoms with E-state index in [0.717, 1.165) is 17.2 Å². The lowest BCUT2D eigenvalue weighted by atomic mass is 10.5. The molecular weight excluding hydrogens is 220 g/mol. The Labute approximate surface area is 96.1 Å². The molecule has 3 heterocycles. The highest BCUT2D eigenvalue weighted by Gasteiger charge is 2.07. The van der Waals surface area contributed by atoms with Crippen LogP contribution in [0.1, 0.15) is 11.5 Å². The van der Waals surface area contributed by atoms with Gasteiger partial charge in [0.25, 0.3) is 0 Å². The van der Waals surface area contributed by atoms with Gasteiger partial charge in [0, 0.05) is 18.8 Å². The van der Waals surface area contributed by atoms with Crippen LogP contribution in [-0.4, -0.2) is 34.6 Å². The summed E-state index contributed by atoms with van der Waals surface area (Å²) in [5, 5.41) is 16.0. The standard InChI is InChI=1S/C9H10N8/c10-3-7-4-16(15-12-7)5-9-14-13-8-1-2-11-6-17(8)9/h1-2,4,6H,3,5,10H2. The van der Waals surface area contributed by atoms with E-state index in [2.05, 4.69) is 25.5 Å². The van der Waals surface area contributed by atoms with Gasteiger partial charge in [-0.3, -0.25) is 4.40 Å². The lowest BCUT2D eigenvalue weighted by molar-refractivity contribution is 0.619. The molecule has 8 nitrogen and oxygen atoms in total. The highest BCUT2D eigenvalue weighted by Crippen LogP contribution is 2.03. The van der Waals surface area contributed by atoms with E-state index in [9.17, 15) is 0 Å². The van der Waals surface area contributed by atoms with Gasteiger partial charge in [0.15, 0.2) is 11.5 Å². The van der Waals surface area contributed by atoms with Crippen LogP contribution < -0.4 is 5.73 Å². The van der Waals surface area contributed by atoms with Crippen molar-refractivity contribution in [2.45, 2.75) is 13.1 Å². The molecule has 0 bridgehead atoms.